The van der Waals surface area contributed by atoms with Gasteiger partial charge in [-0.05, 0) is 32.9 Å². The standard InChI is InChI=1S/C18H24N4O3/c1-18(2,3)25-17(23)22-10-9-12(11-22)24-16-15(19-4)20-13-7-5-6-8-14(13)21-16/h5-8,12H,9-11H2,1-4H3,(H,19,20)/t12-/m0/s1. The number of nitrogens with zero attached hydrogens (tertiary/aromatic N) is 3. The predicted molar refractivity (Wildman–Crippen MR) is 95.9 cm³/mol. The van der Waals surface area contributed by atoms with Gasteiger partial charge in [0.25, 0.3) is 5.88 Å². The molecule has 1 saturated heterocycles. The molecule has 0 radical (unpaired) electrons. The number of carbonyl (C=O) groups excluding carboxylic acids is 1. The lowest BCUT2D eigenvalue weighted by atomic mass is 10.2. The Morgan fingerprint density at radius 3 is 2.56 bits per heavy atom. The van der Waals surface area contributed by atoms with E-state index >= 15 is 0 Å². The third-order valence-corrected chi connectivity index (χ3v) is 3.85. The van der Waals surface area contributed by atoms with E-state index < -0.39 is 5.60 Å². The van der Waals surface area contributed by atoms with Gasteiger partial charge in [0.05, 0.1) is 17.6 Å². The summed E-state index contributed by atoms with van der Waals surface area (Å²) in [6.45, 7) is 6.67. The first kappa shape index (κ1) is 17.3. The SMILES string of the molecule is CNc1nc2ccccc2nc1O[C@H]1CCN(C(=O)OC(C)(C)C)C1. The van der Waals surface area contributed by atoms with Crippen LogP contribution in [0.3, 0.4) is 0 Å². The Labute approximate surface area is 147 Å². The van der Waals surface area contributed by atoms with Crippen molar-refractivity contribution in [2.75, 3.05) is 25.5 Å². The molecular weight excluding hydrogens is 320 g/mol. The fourth-order valence-corrected chi connectivity index (χ4v) is 2.70. The van der Waals surface area contributed by atoms with Crippen LogP contribution in [0.25, 0.3) is 11.0 Å². The summed E-state index contributed by atoms with van der Waals surface area (Å²) < 4.78 is 11.4. The number of hydrogen-bond acceptors (Lipinski definition) is 6. The normalized spacial score (nSPS) is 17.6. The van der Waals surface area contributed by atoms with E-state index in [0.717, 1.165) is 17.5 Å². The highest BCUT2D eigenvalue weighted by Gasteiger charge is 2.31. The van der Waals surface area contributed by atoms with E-state index in [4.69, 9.17) is 9.47 Å². The van der Waals surface area contributed by atoms with Crippen molar-refractivity contribution in [2.24, 2.45) is 0 Å². The zero-order chi connectivity index (χ0) is 18.0. The average Bonchev–Trinajstić information content (AvgIpc) is 3.01. The van der Waals surface area contributed by atoms with Crippen LogP contribution in [-0.2, 0) is 4.74 Å². The Bertz CT molecular complexity index is 772. The Balaban J connectivity index is 1.71. The van der Waals surface area contributed by atoms with Gasteiger partial charge in [-0.25, -0.2) is 14.8 Å². The Hall–Kier alpha value is -2.57. The van der Waals surface area contributed by atoms with Gasteiger partial charge in [0.2, 0.25) is 0 Å². The fourth-order valence-electron chi connectivity index (χ4n) is 2.70. The lowest BCUT2D eigenvalue weighted by Crippen LogP contribution is -2.36. The molecule has 7 nitrogen and oxygen atoms in total. The molecule has 1 aromatic heterocycles. The van der Waals surface area contributed by atoms with Crippen LogP contribution in [0.5, 0.6) is 5.88 Å². The van der Waals surface area contributed by atoms with Crippen LogP contribution in [0.1, 0.15) is 27.2 Å². The third-order valence-electron chi connectivity index (χ3n) is 3.85. The molecule has 0 bridgehead atoms. The van der Waals surface area contributed by atoms with E-state index in [1.807, 2.05) is 45.0 Å². The van der Waals surface area contributed by atoms with Crippen LogP contribution >= 0.6 is 0 Å². The number of carbonyl (C=O) groups is 1. The topological polar surface area (TPSA) is 76.6 Å². The number of para-hydroxylation sites is 2. The summed E-state index contributed by atoms with van der Waals surface area (Å²) in [5, 5.41) is 3.02. The number of amides is 1. The van der Waals surface area contributed by atoms with Crippen LogP contribution in [0.15, 0.2) is 24.3 Å². The van der Waals surface area contributed by atoms with E-state index in [0.29, 0.717) is 24.8 Å². The summed E-state index contributed by atoms with van der Waals surface area (Å²) >= 11 is 0. The minimum atomic E-state index is -0.501. The second-order valence-corrected chi connectivity index (χ2v) is 7.07. The number of hydrogen-bond donors (Lipinski definition) is 1. The quantitative estimate of drug-likeness (QED) is 0.922. The second kappa shape index (κ2) is 6.74. The van der Waals surface area contributed by atoms with Crippen LogP contribution < -0.4 is 10.1 Å². The highest BCUT2D eigenvalue weighted by molar-refractivity contribution is 5.77. The molecule has 1 aromatic carbocycles. The number of ether oxygens (including phenoxy) is 2. The van der Waals surface area contributed by atoms with Crippen LogP contribution in [0.2, 0.25) is 0 Å². The highest BCUT2D eigenvalue weighted by Crippen LogP contribution is 2.26. The van der Waals surface area contributed by atoms with E-state index in [-0.39, 0.29) is 12.2 Å². The maximum Gasteiger partial charge on any atom is 0.410 e. The molecule has 134 valence electrons. The highest BCUT2D eigenvalue weighted by atomic mass is 16.6. The maximum atomic E-state index is 12.2. The third kappa shape index (κ3) is 4.10. The molecule has 25 heavy (non-hydrogen) atoms. The minimum absolute atomic E-state index is 0.130. The van der Waals surface area contributed by atoms with Gasteiger partial charge in [0.15, 0.2) is 5.82 Å². The molecule has 1 N–H and O–H groups in total. The van der Waals surface area contributed by atoms with Crippen molar-refractivity contribution in [3.05, 3.63) is 24.3 Å². The largest absolute Gasteiger partial charge is 0.470 e. The molecular formula is C18H24N4O3. The summed E-state index contributed by atoms with van der Waals surface area (Å²) in [4.78, 5) is 22.9. The fraction of sp³-hybridized carbons (Fsp3) is 0.500. The van der Waals surface area contributed by atoms with Gasteiger partial charge in [-0.15, -0.1) is 0 Å². The summed E-state index contributed by atoms with van der Waals surface area (Å²) in [5.41, 5.74) is 1.08. The van der Waals surface area contributed by atoms with Crippen molar-refractivity contribution in [3.8, 4) is 5.88 Å². The Morgan fingerprint density at radius 2 is 1.92 bits per heavy atom. The van der Waals surface area contributed by atoms with Gasteiger partial charge < -0.3 is 19.7 Å². The number of fused-ring (bicyclic) bond motifs is 1. The van der Waals surface area contributed by atoms with Gasteiger partial charge in [0.1, 0.15) is 11.7 Å². The number of nitrogens with one attached hydrogen (secondary N) is 1. The van der Waals surface area contributed by atoms with Gasteiger partial charge in [-0.3, -0.25) is 0 Å². The zero-order valence-corrected chi connectivity index (χ0v) is 15.1. The summed E-state index contributed by atoms with van der Waals surface area (Å²) in [6, 6.07) is 7.65. The van der Waals surface area contributed by atoms with Crippen molar-refractivity contribution in [2.45, 2.75) is 38.9 Å². The van der Waals surface area contributed by atoms with Crippen molar-refractivity contribution in [1.82, 2.24) is 14.9 Å². The number of likely N-dealkylation sites (tertiary alicyclic amines) is 1. The molecule has 0 spiro atoms. The second-order valence-electron chi connectivity index (χ2n) is 7.07. The Morgan fingerprint density at radius 1 is 1.24 bits per heavy atom. The first-order valence-corrected chi connectivity index (χ1v) is 8.45. The zero-order valence-electron chi connectivity index (χ0n) is 15.1. The molecule has 1 atom stereocenters. The van der Waals surface area contributed by atoms with Crippen molar-refractivity contribution in [3.63, 3.8) is 0 Å². The smallest absolute Gasteiger partial charge is 0.410 e. The Kier molecular flexibility index (Phi) is 4.65. The lowest BCUT2D eigenvalue weighted by Gasteiger charge is -2.24. The monoisotopic (exact) mass is 344 g/mol. The summed E-state index contributed by atoms with van der Waals surface area (Å²) in [7, 11) is 1.79. The van der Waals surface area contributed by atoms with Crippen molar-refractivity contribution in [1.29, 1.82) is 0 Å². The minimum Gasteiger partial charge on any atom is -0.470 e. The van der Waals surface area contributed by atoms with E-state index in [2.05, 4.69) is 15.3 Å². The van der Waals surface area contributed by atoms with Gasteiger partial charge in [-0.2, -0.15) is 0 Å². The molecule has 1 aliphatic heterocycles. The molecule has 0 aliphatic carbocycles. The molecule has 1 aliphatic rings. The molecule has 1 fully saturated rings. The van der Waals surface area contributed by atoms with Crippen molar-refractivity contribution >= 4 is 22.9 Å². The van der Waals surface area contributed by atoms with E-state index in [1.54, 1.807) is 11.9 Å². The lowest BCUT2D eigenvalue weighted by molar-refractivity contribution is 0.0275. The predicted octanol–water partition coefficient (Wildman–Crippen LogP) is 3.06. The van der Waals surface area contributed by atoms with Crippen molar-refractivity contribution < 1.29 is 14.3 Å². The molecule has 2 aromatic rings. The molecule has 0 unspecified atom stereocenters. The van der Waals surface area contributed by atoms with Crippen LogP contribution in [0, 0.1) is 0 Å². The molecule has 2 heterocycles. The number of aromatic nitrogens is 2. The van der Waals surface area contributed by atoms with Gasteiger partial charge >= 0.3 is 6.09 Å². The first-order valence-electron chi connectivity index (χ1n) is 8.45. The summed E-state index contributed by atoms with van der Waals surface area (Å²) in [6.07, 6.45) is 0.295. The maximum absolute atomic E-state index is 12.2. The van der Waals surface area contributed by atoms with Crippen LogP contribution in [-0.4, -0.2) is 52.8 Å². The summed E-state index contributed by atoms with van der Waals surface area (Å²) in [5.74, 6) is 1.05. The first-order chi connectivity index (χ1) is 11.9. The number of anilines is 1. The average molecular weight is 344 g/mol. The van der Waals surface area contributed by atoms with Gasteiger partial charge in [-0.1, -0.05) is 12.1 Å². The van der Waals surface area contributed by atoms with Gasteiger partial charge in [0, 0.05) is 20.0 Å². The number of benzene rings is 1. The van der Waals surface area contributed by atoms with E-state index in [1.165, 1.54) is 0 Å². The van der Waals surface area contributed by atoms with E-state index in [9.17, 15) is 4.79 Å². The van der Waals surface area contributed by atoms with Crippen LogP contribution in [0.4, 0.5) is 10.6 Å². The molecule has 1 amide bonds. The number of rotatable bonds is 3. The molecule has 0 saturated carbocycles. The molecule has 3 rings (SSSR count). The molecule has 7 heteroatoms.